The average molecular weight is 429 g/mol. The van der Waals surface area contributed by atoms with E-state index in [0.717, 1.165) is 12.8 Å². The summed E-state index contributed by atoms with van der Waals surface area (Å²) in [6.45, 7) is 8.89. The van der Waals surface area contributed by atoms with Crippen LogP contribution in [-0.4, -0.2) is 23.0 Å². The molecule has 30 heavy (non-hydrogen) atoms. The van der Waals surface area contributed by atoms with E-state index in [0.29, 0.717) is 38.9 Å². The summed E-state index contributed by atoms with van der Waals surface area (Å²) >= 11 is 1.21. The first-order valence-corrected chi connectivity index (χ1v) is 11.2. The number of carbonyl (C=O) groups excluding carboxylic acids is 1. The van der Waals surface area contributed by atoms with Crippen LogP contribution in [0.4, 0.5) is 0 Å². The van der Waals surface area contributed by atoms with Gasteiger partial charge in [0, 0.05) is 11.5 Å². The zero-order valence-corrected chi connectivity index (χ0v) is 19.1. The van der Waals surface area contributed by atoms with E-state index in [1.807, 2.05) is 0 Å². The number of hydrogen-bond acceptors (Lipinski definition) is 5. The van der Waals surface area contributed by atoms with Gasteiger partial charge in [0.1, 0.15) is 22.3 Å². The number of aryl methyl sites for hydroxylation is 2. The molecule has 2 heterocycles. The number of aromatic nitrogens is 2. The number of esters is 1. The molecule has 0 aliphatic carbocycles. The number of nitrogens with two attached hydrogens (primary N) is 1. The van der Waals surface area contributed by atoms with Gasteiger partial charge in [-0.05, 0) is 24.5 Å². The zero-order chi connectivity index (χ0) is 21.8. The molecule has 0 spiro atoms. The Hall–Kier alpha value is -2.51. The molecule has 0 saturated heterocycles. The molecule has 0 aliphatic heterocycles. The lowest BCUT2D eigenvalue weighted by Gasteiger charge is -2.19. The Morgan fingerprint density at radius 2 is 1.97 bits per heavy atom. The first-order chi connectivity index (χ1) is 14.3. The smallest absolute Gasteiger partial charge is 0.348 e. The van der Waals surface area contributed by atoms with Crippen molar-refractivity contribution in [2.24, 2.45) is 5.92 Å². The molecule has 7 heteroatoms. The number of benzene rings is 1. The summed E-state index contributed by atoms with van der Waals surface area (Å²) < 4.78 is 4.82. The molecule has 2 aromatic heterocycles. The van der Waals surface area contributed by atoms with Crippen LogP contribution in [0.25, 0.3) is 10.2 Å². The van der Waals surface area contributed by atoms with Crippen LogP contribution in [0.3, 0.4) is 0 Å². The second-order valence-electron chi connectivity index (χ2n) is 7.94. The van der Waals surface area contributed by atoms with Crippen LogP contribution in [0, 0.1) is 12.8 Å². The third-order valence-electron chi connectivity index (χ3n) is 5.41. The standard InChI is InChI=1S/C23H29N3O3S/c1-6-7-15-8-10-16(11-9-15)19(13(2)3)24-12-17-25-21(27)18-14(4)20(23(28)29-5)30-22(18)26-17/h8-11,13,19,24H,6-7,12H2,1-5H3,(H,25,26,27)/p+1/t19-/m1/s1. The average Bonchev–Trinajstić information content (AvgIpc) is 3.05. The topological polar surface area (TPSA) is 88.7 Å². The Kier molecular flexibility index (Phi) is 7.05. The molecule has 0 fully saturated rings. The fraction of sp³-hybridized carbons (Fsp3) is 0.435. The summed E-state index contributed by atoms with van der Waals surface area (Å²) in [5.41, 5.74) is 3.04. The molecule has 3 rings (SSSR count). The molecule has 160 valence electrons. The quantitative estimate of drug-likeness (QED) is 0.538. The van der Waals surface area contributed by atoms with Crippen LogP contribution >= 0.6 is 11.3 Å². The van der Waals surface area contributed by atoms with E-state index in [4.69, 9.17) is 4.74 Å². The number of thiophene rings is 1. The SMILES string of the molecule is CCCc1ccc([C@H]([NH2+]Cc2nc3sc(C(=O)OC)c(C)c3c(=O)[nH]2)C(C)C)cc1. The molecule has 0 radical (unpaired) electrons. The van der Waals surface area contributed by atoms with Crippen molar-refractivity contribution in [1.29, 1.82) is 0 Å². The summed E-state index contributed by atoms with van der Waals surface area (Å²) in [5.74, 6) is 0.597. The highest BCUT2D eigenvalue weighted by Gasteiger charge is 2.22. The van der Waals surface area contributed by atoms with E-state index in [2.05, 4.69) is 60.3 Å². The van der Waals surface area contributed by atoms with Gasteiger partial charge < -0.3 is 15.0 Å². The lowest BCUT2D eigenvalue weighted by molar-refractivity contribution is -0.718. The monoisotopic (exact) mass is 428 g/mol. The van der Waals surface area contributed by atoms with Gasteiger partial charge in [-0.3, -0.25) is 4.79 Å². The van der Waals surface area contributed by atoms with Crippen LogP contribution in [0.15, 0.2) is 29.1 Å². The molecule has 0 bridgehead atoms. The number of H-pyrrole nitrogens is 1. The van der Waals surface area contributed by atoms with Crippen LogP contribution in [0.5, 0.6) is 0 Å². The number of nitrogens with one attached hydrogen (secondary N) is 1. The zero-order valence-electron chi connectivity index (χ0n) is 18.2. The van der Waals surface area contributed by atoms with Crippen molar-refractivity contribution in [3.05, 3.63) is 62.0 Å². The molecule has 0 saturated carbocycles. The van der Waals surface area contributed by atoms with Crippen LogP contribution in [0.2, 0.25) is 0 Å². The summed E-state index contributed by atoms with van der Waals surface area (Å²) in [7, 11) is 1.34. The Labute approximate surface area is 180 Å². The third kappa shape index (κ3) is 4.63. The van der Waals surface area contributed by atoms with Gasteiger partial charge in [0.25, 0.3) is 5.56 Å². The summed E-state index contributed by atoms with van der Waals surface area (Å²) in [6.07, 6.45) is 2.23. The van der Waals surface area contributed by atoms with E-state index >= 15 is 0 Å². The second kappa shape index (κ2) is 9.53. The highest BCUT2D eigenvalue weighted by molar-refractivity contribution is 7.20. The lowest BCUT2D eigenvalue weighted by atomic mass is 9.94. The highest BCUT2D eigenvalue weighted by atomic mass is 32.1. The number of nitrogens with zero attached hydrogens (tertiary/aromatic N) is 1. The molecule has 1 aromatic carbocycles. The van der Waals surface area contributed by atoms with Gasteiger partial charge in [-0.25, -0.2) is 9.78 Å². The van der Waals surface area contributed by atoms with Crippen LogP contribution in [0.1, 0.15) is 65.4 Å². The van der Waals surface area contributed by atoms with Crippen LogP contribution in [-0.2, 0) is 17.7 Å². The predicted molar refractivity (Wildman–Crippen MR) is 120 cm³/mol. The van der Waals surface area contributed by atoms with Gasteiger partial charge in [0.2, 0.25) is 0 Å². The van der Waals surface area contributed by atoms with E-state index in [1.165, 1.54) is 29.6 Å². The lowest BCUT2D eigenvalue weighted by Crippen LogP contribution is -2.85. The number of hydrogen-bond donors (Lipinski definition) is 2. The molecule has 6 nitrogen and oxygen atoms in total. The van der Waals surface area contributed by atoms with Crippen molar-refractivity contribution in [3.8, 4) is 0 Å². The summed E-state index contributed by atoms with van der Waals surface area (Å²) in [6, 6.07) is 9.08. The van der Waals surface area contributed by atoms with Gasteiger partial charge in [-0.1, -0.05) is 51.5 Å². The fourth-order valence-corrected chi connectivity index (χ4v) is 4.92. The van der Waals surface area contributed by atoms with Crippen molar-refractivity contribution in [3.63, 3.8) is 0 Å². The van der Waals surface area contributed by atoms with Crippen LogP contribution < -0.4 is 10.9 Å². The largest absolute Gasteiger partial charge is 0.465 e. The van der Waals surface area contributed by atoms with Gasteiger partial charge in [0.15, 0.2) is 5.82 Å². The predicted octanol–water partition coefficient (Wildman–Crippen LogP) is 3.49. The Bertz CT molecular complexity index is 1080. The summed E-state index contributed by atoms with van der Waals surface area (Å²) in [4.78, 5) is 33.1. The maximum Gasteiger partial charge on any atom is 0.348 e. The summed E-state index contributed by atoms with van der Waals surface area (Å²) in [5, 5.41) is 2.68. The molecule has 3 aromatic rings. The Balaban J connectivity index is 1.83. The highest BCUT2D eigenvalue weighted by Crippen LogP contribution is 2.27. The molecule has 3 N–H and O–H groups in total. The number of rotatable bonds is 8. The maximum atomic E-state index is 12.6. The van der Waals surface area contributed by atoms with Crippen molar-refractivity contribution in [2.75, 3.05) is 7.11 Å². The van der Waals surface area contributed by atoms with E-state index in [9.17, 15) is 9.59 Å². The van der Waals surface area contributed by atoms with Crippen molar-refractivity contribution in [1.82, 2.24) is 9.97 Å². The number of methoxy groups -OCH3 is 1. The van der Waals surface area contributed by atoms with E-state index in [1.54, 1.807) is 6.92 Å². The van der Waals surface area contributed by atoms with Gasteiger partial charge in [-0.15, -0.1) is 11.3 Å². The minimum absolute atomic E-state index is 0.211. The third-order valence-corrected chi connectivity index (χ3v) is 6.57. The maximum absolute atomic E-state index is 12.6. The van der Waals surface area contributed by atoms with E-state index in [-0.39, 0.29) is 11.6 Å². The number of quaternary nitrogens is 1. The fourth-order valence-electron chi connectivity index (χ4n) is 3.80. The van der Waals surface area contributed by atoms with E-state index < -0.39 is 5.97 Å². The van der Waals surface area contributed by atoms with Gasteiger partial charge in [-0.2, -0.15) is 0 Å². The molecular weight excluding hydrogens is 398 g/mol. The number of carbonyl (C=O) groups is 1. The van der Waals surface area contributed by atoms with Crippen molar-refractivity contribution < 1.29 is 14.8 Å². The number of aromatic amines is 1. The van der Waals surface area contributed by atoms with Crippen molar-refractivity contribution in [2.45, 2.75) is 53.1 Å². The molecule has 0 unspecified atom stereocenters. The first kappa shape index (κ1) is 22.2. The number of fused-ring (bicyclic) bond motifs is 1. The Morgan fingerprint density at radius 3 is 2.57 bits per heavy atom. The number of ether oxygens (including phenoxy) is 1. The molecule has 0 aliphatic rings. The molecule has 1 atom stereocenters. The van der Waals surface area contributed by atoms with Gasteiger partial charge >= 0.3 is 5.97 Å². The van der Waals surface area contributed by atoms with Crippen molar-refractivity contribution >= 4 is 27.5 Å². The Morgan fingerprint density at radius 1 is 1.27 bits per heavy atom. The first-order valence-electron chi connectivity index (χ1n) is 10.4. The van der Waals surface area contributed by atoms with Gasteiger partial charge in [0.05, 0.1) is 12.5 Å². The normalized spacial score (nSPS) is 12.5. The molecule has 0 amide bonds. The molecular formula is C23H30N3O3S+. The minimum Gasteiger partial charge on any atom is -0.465 e. The second-order valence-corrected chi connectivity index (χ2v) is 8.94. The minimum atomic E-state index is -0.436.